The second kappa shape index (κ2) is 6.91. The van der Waals surface area contributed by atoms with Crippen molar-refractivity contribution in [2.45, 2.75) is 50.3 Å². The standard InChI is InChI=1S/C11H24O3Si.H4Si/c1-5-8-11(12-2)9-6-7-10-15(11,13-3)14-4;/h5-10H2,1-4H3;1H4. The van der Waals surface area contributed by atoms with Crippen molar-refractivity contribution in [3.8, 4) is 0 Å². The van der Waals surface area contributed by atoms with Crippen LogP contribution in [0.1, 0.15) is 39.0 Å². The summed E-state index contributed by atoms with van der Waals surface area (Å²) >= 11 is 0. The lowest BCUT2D eigenvalue weighted by molar-refractivity contribution is -0.0149. The molecule has 1 atom stereocenters. The number of rotatable bonds is 5. The Morgan fingerprint density at radius 3 is 2.19 bits per heavy atom. The summed E-state index contributed by atoms with van der Waals surface area (Å²) in [6.45, 7) is 2.19. The maximum atomic E-state index is 5.83. The molecule has 16 heavy (non-hydrogen) atoms. The van der Waals surface area contributed by atoms with Gasteiger partial charge in [-0.3, -0.25) is 0 Å². The summed E-state index contributed by atoms with van der Waals surface area (Å²) in [4.78, 5) is 0. The zero-order valence-corrected chi connectivity index (χ0v) is 11.5. The molecular weight excluding hydrogens is 236 g/mol. The molecule has 1 unspecified atom stereocenters. The summed E-state index contributed by atoms with van der Waals surface area (Å²) in [5, 5.41) is -0.122. The molecule has 98 valence electrons. The van der Waals surface area contributed by atoms with Gasteiger partial charge >= 0.3 is 8.56 Å². The second-order valence-electron chi connectivity index (χ2n) is 4.32. The van der Waals surface area contributed by atoms with Gasteiger partial charge in [0.2, 0.25) is 0 Å². The van der Waals surface area contributed by atoms with Crippen LogP contribution in [-0.4, -0.2) is 46.1 Å². The van der Waals surface area contributed by atoms with Crippen LogP contribution in [0.15, 0.2) is 0 Å². The summed E-state index contributed by atoms with van der Waals surface area (Å²) in [5.74, 6) is 0. The molecule has 0 N–H and O–H groups in total. The minimum atomic E-state index is -2.15. The molecule has 1 rings (SSSR count). The largest absolute Gasteiger partial charge is 0.396 e. The van der Waals surface area contributed by atoms with E-state index in [2.05, 4.69) is 6.92 Å². The molecule has 0 aliphatic carbocycles. The first-order valence-corrected chi connectivity index (χ1v) is 7.88. The summed E-state index contributed by atoms with van der Waals surface area (Å²) in [6.07, 6.45) is 5.70. The van der Waals surface area contributed by atoms with E-state index in [-0.39, 0.29) is 16.2 Å². The van der Waals surface area contributed by atoms with Gasteiger partial charge in [-0.2, -0.15) is 0 Å². The van der Waals surface area contributed by atoms with Crippen LogP contribution < -0.4 is 0 Å². The minimum absolute atomic E-state index is 0. The Bertz CT molecular complexity index is 194. The van der Waals surface area contributed by atoms with Crippen molar-refractivity contribution in [1.82, 2.24) is 0 Å². The van der Waals surface area contributed by atoms with Gasteiger partial charge in [-0.15, -0.1) is 0 Å². The molecule has 0 spiro atoms. The zero-order valence-electron chi connectivity index (χ0n) is 10.5. The van der Waals surface area contributed by atoms with Crippen molar-refractivity contribution < 1.29 is 13.6 Å². The van der Waals surface area contributed by atoms with Gasteiger partial charge < -0.3 is 13.6 Å². The molecule has 0 aromatic carbocycles. The van der Waals surface area contributed by atoms with Gasteiger partial charge in [0.05, 0.1) is 0 Å². The molecule has 1 aliphatic rings. The number of hydrogen-bond acceptors (Lipinski definition) is 3. The van der Waals surface area contributed by atoms with Crippen molar-refractivity contribution >= 4 is 19.5 Å². The van der Waals surface area contributed by atoms with Crippen molar-refractivity contribution in [1.29, 1.82) is 0 Å². The van der Waals surface area contributed by atoms with E-state index in [0.29, 0.717) is 0 Å². The third kappa shape index (κ3) is 2.59. The Morgan fingerprint density at radius 2 is 1.75 bits per heavy atom. The highest BCUT2D eigenvalue weighted by Gasteiger charge is 2.58. The maximum Gasteiger partial charge on any atom is 0.370 e. The second-order valence-corrected chi connectivity index (χ2v) is 8.05. The molecule has 1 fully saturated rings. The molecule has 1 heterocycles. The molecule has 0 radical (unpaired) electrons. The van der Waals surface area contributed by atoms with Crippen molar-refractivity contribution in [2.24, 2.45) is 0 Å². The average molecular weight is 265 g/mol. The Balaban J connectivity index is 0.00000225. The first-order chi connectivity index (χ1) is 7.20. The van der Waals surface area contributed by atoms with Crippen LogP contribution in [0.5, 0.6) is 0 Å². The molecule has 0 aromatic rings. The summed E-state index contributed by atoms with van der Waals surface area (Å²) in [6, 6.07) is 1.06. The summed E-state index contributed by atoms with van der Waals surface area (Å²) in [7, 11) is 3.22. The number of methoxy groups -OCH3 is 1. The smallest absolute Gasteiger partial charge is 0.370 e. The van der Waals surface area contributed by atoms with Crippen LogP contribution in [0.4, 0.5) is 0 Å². The van der Waals surface area contributed by atoms with Crippen LogP contribution in [0.25, 0.3) is 0 Å². The summed E-state index contributed by atoms with van der Waals surface area (Å²) in [5.41, 5.74) is 0. The predicted octanol–water partition coefficient (Wildman–Crippen LogP) is 1.18. The molecule has 1 aliphatic heterocycles. The highest BCUT2D eigenvalue weighted by molar-refractivity contribution is 6.70. The lowest BCUT2D eigenvalue weighted by Crippen LogP contribution is -2.64. The lowest BCUT2D eigenvalue weighted by Gasteiger charge is -2.47. The van der Waals surface area contributed by atoms with Gasteiger partial charge in [0.25, 0.3) is 0 Å². The van der Waals surface area contributed by atoms with Crippen LogP contribution in [0, 0.1) is 0 Å². The highest BCUT2D eigenvalue weighted by Crippen LogP contribution is 2.42. The van der Waals surface area contributed by atoms with E-state index in [1.807, 2.05) is 0 Å². The van der Waals surface area contributed by atoms with Gasteiger partial charge in [0.1, 0.15) is 5.22 Å². The van der Waals surface area contributed by atoms with Crippen LogP contribution >= 0.6 is 0 Å². The first-order valence-electron chi connectivity index (χ1n) is 5.85. The van der Waals surface area contributed by atoms with Gasteiger partial charge in [-0.1, -0.05) is 26.2 Å². The minimum Gasteiger partial charge on any atom is -0.396 e. The third-order valence-corrected chi connectivity index (χ3v) is 8.16. The molecule has 1 saturated heterocycles. The fourth-order valence-electron chi connectivity index (χ4n) is 2.92. The summed E-state index contributed by atoms with van der Waals surface area (Å²) < 4.78 is 17.4. The molecule has 5 heteroatoms. The highest BCUT2D eigenvalue weighted by atomic mass is 28.4. The molecule has 0 aromatic heterocycles. The average Bonchev–Trinajstić information content (AvgIpc) is 2.30. The van der Waals surface area contributed by atoms with E-state index >= 15 is 0 Å². The molecular formula is C11H28O3Si2. The Kier molecular flexibility index (Phi) is 7.04. The van der Waals surface area contributed by atoms with Gasteiger partial charge in [-0.05, 0) is 29.9 Å². The first kappa shape index (κ1) is 16.3. The number of hydrogen-bond donors (Lipinski definition) is 0. The molecule has 3 nitrogen and oxygen atoms in total. The van der Waals surface area contributed by atoms with E-state index in [1.165, 1.54) is 12.8 Å². The SMILES string of the molecule is CCCC1(OC)CCCC[Si]1(OC)OC.[SiH4]. The van der Waals surface area contributed by atoms with E-state index < -0.39 is 8.56 Å². The van der Waals surface area contributed by atoms with Crippen LogP contribution in [0.3, 0.4) is 0 Å². The van der Waals surface area contributed by atoms with Gasteiger partial charge in [0.15, 0.2) is 0 Å². The monoisotopic (exact) mass is 264 g/mol. The van der Waals surface area contributed by atoms with E-state index in [9.17, 15) is 0 Å². The molecule has 0 saturated carbocycles. The van der Waals surface area contributed by atoms with Gasteiger partial charge in [0, 0.05) is 21.3 Å². The fraction of sp³-hybridized carbons (Fsp3) is 1.00. The Morgan fingerprint density at radius 1 is 1.12 bits per heavy atom. The fourth-order valence-corrected chi connectivity index (χ4v) is 6.91. The number of ether oxygens (including phenoxy) is 1. The van der Waals surface area contributed by atoms with E-state index in [1.54, 1.807) is 21.3 Å². The Labute approximate surface area is 105 Å². The molecule has 0 amide bonds. The topological polar surface area (TPSA) is 27.7 Å². The molecule has 0 bridgehead atoms. The quantitative estimate of drug-likeness (QED) is 0.698. The maximum absolute atomic E-state index is 5.83. The lowest BCUT2D eigenvalue weighted by atomic mass is 10.1. The van der Waals surface area contributed by atoms with Crippen molar-refractivity contribution in [3.05, 3.63) is 0 Å². The van der Waals surface area contributed by atoms with E-state index in [4.69, 9.17) is 13.6 Å². The van der Waals surface area contributed by atoms with Crippen molar-refractivity contribution in [2.75, 3.05) is 21.3 Å². The van der Waals surface area contributed by atoms with Crippen LogP contribution in [-0.2, 0) is 13.6 Å². The third-order valence-electron chi connectivity index (χ3n) is 3.73. The zero-order chi connectivity index (χ0) is 11.4. The Hall–Kier alpha value is 0.314. The van der Waals surface area contributed by atoms with E-state index in [0.717, 1.165) is 25.3 Å². The predicted molar refractivity (Wildman–Crippen MR) is 74.4 cm³/mol. The van der Waals surface area contributed by atoms with Gasteiger partial charge in [-0.25, -0.2) is 0 Å². The normalized spacial score (nSPS) is 28.5. The van der Waals surface area contributed by atoms with Crippen molar-refractivity contribution in [3.63, 3.8) is 0 Å². The van der Waals surface area contributed by atoms with Crippen LogP contribution in [0.2, 0.25) is 6.04 Å².